The van der Waals surface area contributed by atoms with E-state index in [1.165, 1.54) is 26.2 Å². The fourth-order valence-corrected chi connectivity index (χ4v) is 8.06. The van der Waals surface area contributed by atoms with E-state index in [0.717, 1.165) is 25.7 Å². The van der Waals surface area contributed by atoms with Crippen LogP contribution in [0.4, 0.5) is 0 Å². The van der Waals surface area contributed by atoms with Crippen molar-refractivity contribution < 1.29 is 14.3 Å². The molecule has 0 aromatic rings. The van der Waals surface area contributed by atoms with Gasteiger partial charge in [0.15, 0.2) is 0 Å². The van der Waals surface area contributed by atoms with Gasteiger partial charge in [0.1, 0.15) is 11.9 Å². The van der Waals surface area contributed by atoms with E-state index in [1.807, 2.05) is 6.92 Å². The number of ether oxygens (including phenoxy) is 1. The Morgan fingerprint density at radius 1 is 1.11 bits per heavy atom. The number of hydrogen-bond acceptors (Lipinski definition) is 3. The first-order chi connectivity index (χ1) is 12.7. The lowest BCUT2D eigenvalue weighted by Gasteiger charge is -2.56. The second kappa shape index (κ2) is 6.46. The molecular weight excluding hydrogens is 336 g/mol. The normalized spacial score (nSPS) is 48.7. The minimum Gasteiger partial charge on any atom is -0.463 e. The van der Waals surface area contributed by atoms with Crippen LogP contribution in [-0.4, -0.2) is 17.9 Å². The van der Waals surface area contributed by atoms with E-state index in [9.17, 15) is 9.59 Å². The molecule has 8 atom stereocenters. The fourth-order valence-electron chi connectivity index (χ4n) is 8.06. The zero-order valence-corrected chi connectivity index (χ0v) is 17.7. The average Bonchev–Trinajstić information content (AvgIpc) is 2.85. The molecule has 0 N–H and O–H groups in total. The van der Waals surface area contributed by atoms with Gasteiger partial charge in [-0.3, -0.25) is 9.59 Å². The summed E-state index contributed by atoms with van der Waals surface area (Å²) in [6, 6.07) is 0. The summed E-state index contributed by atoms with van der Waals surface area (Å²) in [5.41, 5.74) is 2.11. The summed E-state index contributed by atoms with van der Waals surface area (Å²) in [6.07, 6.45) is 10.6. The minimum absolute atomic E-state index is 0.111. The highest BCUT2D eigenvalue weighted by Gasteiger charge is 2.59. The second-order valence-corrected chi connectivity index (χ2v) is 10.6. The zero-order chi connectivity index (χ0) is 19.6. The third-order valence-corrected chi connectivity index (χ3v) is 9.09. The van der Waals surface area contributed by atoms with Crippen LogP contribution in [0.25, 0.3) is 0 Å². The molecule has 4 aliphatic carbocycles. The van der Waals surface area contributed by atoms with Gasteiger partial charge in [0, 0.05) is 12.8 Å². The molecule has 4 rings (SSSR count). The molecular formula is C24H36O3. The summed E-state index contributed by atoms with van der Waals surface area (Å²) < 4.78 is 5.57. The standard InChI is InChI=1S/C24H36O3/c1-14-12-21-19-7-6-17-13-18(27-16(3)26)8-10-23(17,4)20(19)9-11-24(21,5)22(14)15(2)25/h9,14,17-19,21-22H,6-8,10-13H2,1-5H3/t14-,17+,18+,19-,21+,22-,23+,24+/m1/s1. The minimum atomic E-state index is -0.139. The fraction of sp³-hybridized carbons (Fsp3) is 0.833. The Morgan fingerprint density at radius 2 is 1.85 bits per heavy atom. The Labute approximate surface area is 164 Å². The number of Topliss-reactive ketones (excluding diaryl/α,β-unsaturated/α-hetero) is 1. The molecule has 4 aliphatic rings. The summed E-state index contributed by atoms with van der Waals surface area (Å²) in [4.78, 5) is 23.8. The number of hydrogen-bond donors (Lipinski definition) is 0. The van der Waals surface area contributed by atoms with Crippen molar-refractivity contribution >= 4 is 11.8 Å². The van der Waals surface area contributed by atoms with E-state index in [2.05, 4.69) is 26.8 Å². The Morgan fingerprint density at radius 3 is 2.52 bits per heavy atom. The topological polar surface area (TPSA) is 43.4 Å². The molecule has 3 saturated carbocycles. The van der Waals surface area contributed by atoms with E-state index in [0.29, 0.717) is 29.5 Å². The number of allylic oxidation sites excluding steroid dienone is 2. The highest BCUT2D eigenvalue weighted by molar-refractivity contribution is 5.80. The van der Waals surface area contributed by atoms with Gasteiger partial charge in [0.2, 0.25) is 0 Å². The van der Waals surface area contributed by atoms with E-state index >= 15 is 0 Å². The van der Waals surface area contributed by atoms with Crippen LogP contribution in [0.5, 0.6) is 0 Å². The van der Waals surface area contributed by atoms with E-state index in [1.54, 1.807) is 5.57 Å². The number of carbonyl (C=O) groups is 2. The lowest BCUT2D eigenvalue weighted by molar-refractivity contribution is -0.151. The van der Waals surface area contributed by atoms with Gasteiger partial charge in [-0.2, -0.15) is 0 Å². The van der Waals surface area contributed by atoms with Crippen molar-refractivity contribution in [2.45, 2.75) is 85.7 Å². The van der Waals surface area contributed by atoms with Crippen LogP contribution in [0.1, 0.15) is 79.6 Å². The highest BCUT2D eigenvalue weighted by Crippen LogP contribution is 2.66. The summed E-state index contributed by atoms with van der Waals surface area (Å²) >= 11 is 0. The summed E-state index contributed by atoms with van der Waals surface area (Å²) in [5, 5.41) is 0. The predicted octanol–water partition coefficient (Wildman–Crippen LogP) is 5.33. The van der Waals surface area contributed by atoms with Gasteiger partial charge in [-0.25, -0.2) is 0 Å². The summed E-state index contributed by atoms with van der Waals surface area (Å²) in [7, 11) is 0. The number of rotatable bonds is 2. The number of esters is 1. The first kappa shape index (κ1) is 19.2. The molecule has 27 heavy (non-hydrogen) atoms. The maximum atomic E-state index is 12.4. The molecule has 0 radical (unpaired) electrons. The van der Waals surface area contributed by atoms with Crippen LogP contribution >= 0.6 is 0 Å². The second-order valence-electron chi connectivity index (χ2n) is 10.6. The summed E-state index contributed by atoms with van der Waals surface area (Å²) in [6.45, 7) is 10.5. The highest BCUT2D eigenvalue weighted by atomic mass is 16.5. The van der Waals surface area contributed by atoms with Gasteiger partial charge in [-0.1, -0.05) is 32.4 Å². The van der Waals surface area contributed by atoms with Crippen LogP contribution in [0, 0.1) is 40.4 Å². The van der Waals surface area contributed by atoms with Gasteiger partial charge in [-0.05, 0) is 86.4 Å². The molecule has 0 unspecified atom stereocenters. The molecule has 3 heteroatoms. The van der Waals surface area contributed by atoms with Gasteiger partial charge in [-0.15, -0.1) is 0 Å². The smallest absolute Gasteiger partial charge is 0.302 e. The van der Waals surface area contributed by atoms with E-state index in [-0.39, 0.29) is 28.8 Å². The van der Waals surface area contributed by atoms with Gasteiger partial charge in [0.25, 0.3) is 0 Å². The third-order valence-electron chi connectivity index (χ3n) is 9.09. The Hall–Kier alpha value is -1.12. The predicted molar refractivity (Wildman–Crippen MR) is 106 cm³/mol. The molecule has 0 aliphatic heterocycles. The van der Waals surface area contributed by atoms with Crippen LogP contribution in [0.2, 0.25) is 0 Å². The van der Waals surface area contributed by atoms with E-state index < -0.39 is 0 Å². The Bertz CT molecular complexity index is 679. The molecule has 0 amide bonds. The molecule has 0 saturated heterocycles. The summed E-state index contributed by atoms with van der Waals surface area (Å²) in [5.74, 6) is 2.93. The largest absolute Gasteiger partial charge is 0.463 e. The SMILES string of the molecule is CC(=O)O[C@H]1CC[C@]2(C)C3=CC[C@@]4(C)[C@@H](C[C@@H](C)[C@@H]4C(C)=O)[C@@H]3CC[C@H]2C1. The maximum Gasteiger partial charge on any atom is 0.302 e. The number of ketones is 1. The maximum absolute atomic E-state index is 12.4. The third kappa shape index (κ3) is 2.83. The van der Waals surface area contributed by atoms with Crippen molar-refractivity contribution in [2.24, 2.45) is 40.4 Å². The molecule has 0 spiro atoms. The number of carbonyl (C=O) groups excluding carboxylic acids is 2. The molecule has 150 valence electrons. The lowest BCUT2D eigenvalue weighted by Crippen LogP contribution is -2.49. The monoisotopic (exact) mass is 372 g/mol. The lowest BCUT2D eigenvalue weighted by atomic mass is 9.48. The quantitative estimate of drug-likeness (QED) is 0.486. The molecule has 0 bridgehead atoms. The van der Waals surface area contributed by atoms with Crippen molar-refractivity contribution in [2.75, 3.05) is 0 Å². The van der Waals surface area contributed by atoms with Crippen molar-refractivity contribution in [3.8, 4) is 0 Å². The molecule has 3 fully saturated rings. The first-order valence-electron chi connectivity index (χ1n) is 11.0. The first-order valence-corrected chi connectivity index (χ1v) is 11.0. The Balaban J connectivity index is 1.61. The van der Waals surface area contributed by atoms with Crippen molar-refractivity contribution in [3.05, 3.63) is 11.6 Å². The van der Waals surface area contributed by atoms with Crippen LogP contribution < -0.4 is 0 Å². The average molecular weight is 373 g/mol. The molecule has 3 nitrogen and oxygen atoms in total. The van der Waals surface area contributed by atoms with Crippen molar-refractivity contribution in [1.82, 2.24) is 0 Å². The van der Waals surface area contributed by atoms with Crippen LogP contribution in [-0.2, 0) is 14.3 Å². The molecule has 0 aromatic carbocycles. The van der Waals surface area contributed by atoms with E-state index in [4.69, 9.17) is 4.74 Å². The van der Waals surface area contributed by atoms with Crippen molar-refractivity contribution in [1.29, 1.82) is 0 Å². The molecule has 0 aromatic heterocycles. The Kier molecular flexibility index (Phi) is 4.59. The van der Waals surface area contributed by atoms with Gasteiger partial charge in [0.05, 0.1) is 0 Å². The van der Waals surface area contributed by atoms with Gasteiger partial charge < -0.3 is 4.74 Å². The van der Waals surface area contributed by atoms with Crippen LogP contribution in [0.3, 0.4) is 0 Å². The van der Waals surface area contributed by atoms with Crippen LogP contribution in [0.15, 0.2) is 11.6 Å². The van der Waals surface area contributed by atoms with Crippen molar-refractivity contribution in [3.63, 3.8) is 0 Å². The van der Waals surface area contributed by atoms with Gasteiger partial charge >= 0.3 is 5.97 Å². The molecule has 0 heterocycles. The zero-order valence-electron chi connectivity index (χ0n) is 17.7. The number of fused-ring (bicyclic) bond motifs is 5.